The molecule has 1 heterocycles. The molecule has 1 saturated heterocycles. The van der Waals surface area contributed by atoms with Crippen LogP contribution in [-0.4, -0.2) is 54.9 Å². The molecule has 0 radical (unpaired) electrons. The second-order valence-corrected chi connectivity index (χ2v) is 4.51. The molecule has 0 spiro atoms. The molecular formula is C14H18N2O3. The van der Waals surface area contributed by atoms with Crippen molar-refractivity contribution in [3.05, 3.63) is 29.8 Å². The Kier molecular flexibility index (Phi) is 4.04. The minimum Gasteiger partial charge on any atom is -0.494 e. The number of ether oxygens (including phenoxy) is 1. The van der Waals surface area contributed by atoms with Gasteiger partial charge in [0.05, 0.1) is 13.2 Å². The minimum atomic E-state index is -0.0840. The molecule has 0 N–H and O–H groups in total. The first-order valence-electron chi connectivity index (χ1n) is 6.38. The van der Waals surface area contributed by atoms with Crippen molar-refractivity contribution in [2.24, 2.45) is 0 Å². The van der Waals surface area contributed by atoms with Gasteiger partial charge in [-0.2, -0.15) is 0 Å². The van der Waals surface area contributed by atoms with Gasteiger partial charge < -0.3 is 14.5 Å². The molecular weight excluding hydrogens is 244 g/mol. The van der Waals surface area contributed by atoms with Gasteiger partial charge >= 0.3 is 6.03 Å². The highest BCUT2D eigenvalue weighted by Gasteiger charge is 2.27. The van der Waals surface area contributed by atoms with Crippen molar-refractivity contribution in [3.63, 3.8) is 0 Å². The average Bonchev–Trinajstić information content (AvgIpc) is 2.72. The highest BCUT2D eigenvalue weighted by molar-refractivity contribution is 5.99. The number of carbonyl (C=O) groups is 2. The summed E-state index contributed by atoms with van der Waals surface area (Å²) in [7, 11) is 1.74. The zero-order valence-corrected chi connectivity index (χ0v) is 11.3. The standard InChI is InChI=1S/C14H18N2O3/c1-3-19-12-6-4-11(5-7-12)13(17)10-16-9-8-15(2)14(16)18/h4-7H,3,8-10H2,1-2H3. The van der Waals surface area contributed by atoms with Gasteiger partial charge in [-0.25, -0.2) is 4.79 Å². The van der Waals surface area contributed by atoms with Gasteiger partial charge in [-0.15, -0.1) is 0 Å². The topological polar surface area (TPSA) is 49.9 Å². The lowest BCUT2D eigenvalue weighted by Crippen LogP contribution is -2.33. The van der Waals surface area contributed by atoms with Crippen LogP contribution in [0.2, 0.25) is 0 Å². The molecule has 0 unspecified atom stereocenters. The minimum absolute atomic E-state index is 0.0494. The van der Waals surface area contributed by atoms with Crippen molar-refractivity contribution in [3.8, 4) is 5.75 Å². The average molecular weight is 262 g/mol. The molecule has 2 amide bonds. The normalized spacial score (nSPS) is 14.9. The summed E-state index contributed by atoms with van der Waals surface area (Å²) in [6, 6.07) is 6.93. The number of urea groups is 1. The third-order valence-electron chi connectivity index (χ3n) is 3.12. The van der Waals surface area contributed by atoms with Crippen LogP contribution in [0.5, 0.6) is 5.75 Å². The lowest BCUT2D eigenvalue weighted by Gasteiger charge is -2.15. The molecule has 2 rings (SSSR count). The van der Waals surface area contributed by atoms with Crippen LogP contribution in [-0.2, 0) is 0 Å². The van der Waals surface area contributed by atoms with Gasteiger partial charge in [-0.1, -0.05) is 0 Å². The van der Waals surface area contributed by atoms with E-state index < -0.39 is 0 Å². The van der Waals surface area contributed by atoms with Crippen LogP contribution in [0.25, 0.3) is 0 Å². The summed E-state index contributed by atoms with van der Waals surface area (Å²) in [4.78, 5) is 26.9. The van der Waals surface area contributed by atoms with Gasteiger partial charge in [0.25, 0.3) is 0 Å². The van der Waals surface area contributed by atoms with Crippen molar-refractivity contribution in [1.82, 2.24) is 9.80 Å². The number of Topliss-reactive ketones (excluding diaryl/α,β-unsaturated/α-hetero) is 1. The zero-order chi connectivity index (χ0) is 13.8. The number of hydrogen-bond acceptors (Lipinski definition) is 3. The molecule has 0 aromatic heterocycles. The van der Waals surface area contributed by atoms with Crippen molar-refractivity contribution in [2.75, 3.05) is 33.3 Å². The molecule has 0 saturated carbocycles. The van der Waals surface area contributed by atoms with Crippen LogP contribution in [0.1, 0.15) is 17.3 Å². The van der Waals surface area contributed by atoms with E-state index in [1.807, 2.05) is 6.92 Å². The monoisotopic (exact) mass is 262 g/mol. The number of benzene rings is 1. The largest absolute Gasteiger partial charge is 0.494 e. The molecule has 5 heteroatoms. The summed E-state index contributed by atoms with van der Waals surface area (Å²) in [5.41, 5.74) is 0.603. The first-order chi connectivity index (χ1) is 9.11. The van der Waals surface area contributed by atoms with Gasteiger partial charge in [0.2, 0.25) is 0 Å². The lowest BCUT2D eigenvalue weighted by atomic mass is 10.1. The third kappa shape index (κ3) is 3.05. The van der Waals surface area contributed by atoms with Crippen molar-refractivity contribution >= 4 is 11.8 Å². The Labute approximate surface area is 112 Å². The Morgan fingerprint density at radius 3 is 2.47 bits per heavy atom. The van der Waals surface area contributed by atoms with Crippen LogP contribution < -0.4 is 4.74 Å². The van der Waals surface area contributed by atoms with E-state index >= 15 is 0 Å². The molecule has 19 heavy (non-hydrogen) atoms. The van der Waals surface area contributed by atoms with E-state index in [4.69, 9.17) is 4.74 Å². The quantitative estimate of drug-likeness (QED) is 0.758. The fourth-order valence-electron chi connectivity index (χ4n) is 2.02. The van der Waals surface area contributed by atoms with Crippen molar-refractivity contribution in [2.45, 2.75) is 6.92 Å². The number of carbonyl (C=O) groups excluding carboxylic acids is 2. The van der Waals surface area contributed by atoms with Crippen LogP contribution in [0.4, 0.5) is 4.79 Å². The molecule has 1 aromatic carbocycles. The Bertz CT molecular complexity index is 470. The summed E-state index contributed by atoms with van der Waals surface area (Å²) >= 11 is 0. The molecule has 0 aliphatic carbocycles. The van der Waals surface area contributed by atoms with Crippen LogP contribution in [0.15, 0.2) is 24.3 Å². The Morgan fingerprint density at radius 2 is 1.95 bits per heavy atom. The van der Waals surface area contributed by atoms with E-state index in [9.17, 15) is 9.59 Å². The fourth-order valence-corrected chi connectivity index (χ4v) is 2.02. The SMILES string of the molecule is CCOc1ccc(C(=O)CN2CCN(C)C2=O)cc1. The van der Waals surface area contributed by atoms with Gasteiger partial charge in [0, 0.05) is 25.7 Å². The summed E-state index contributed by atoms with van der Waals surface area (Å²) in [6.07, 6.45) is 0. The maximum atomic E-state index is 12.1. The number of ketones is 1. The highest BCUT2D eigenvalue weighted by atomic mass is 16.5. The number of amides is 2. The van der Waals surface area contributed by atoms with E-state index in [1.54, 1.807) is 41.1 Å². The van der Waals surface area contributed by atoms with Crippen LogP contribution >= 0.6 is 0 Å². The molecule has 1 aromatic rings. The highest BCUT2D eigenvalue weighted by Crippen LogP contribution is 2.14. The Balaban J connectivity index is 1.98. The molecule has 0 bridgehead atoms. The van der Waals surface area contributed by atoms with E-state index in [1.165, 1.54) is 0 Å². The zero-order valence-electron chi connectivity index (χ0n) is 11.3. The number of nitrogens with zero attached hydrogens (tertiary/aromatic N) is 2. The fraction of sp³-hybridized carbons (Fsp3) is 0.429. The summed E-state index contributed by atoms with van der Waals surface area (Å²) in [5.74, 6) is 0.697. The second-order valence-electron chi connectivity index (χ2n) is 4.51. The molecule has 1 fully saturated rings. The molecule has 102 valence electrons. The van der Waals surface area contributed by atoms with Crippen LogP contribution in [0.3, 0.4) is 0 Å². The summed E-state index contributed by atoms with van der Waals surface area (Å²) < 4.78 is 5.32. The molecule has 0 atom stereocenters. The second kappa shape index (κ2) is 5.73. The van der Waals surface area contributed by atoms with Gasteiger partial charge in [-0.3, -0.25) is 4.79 Å². The predicted octanol–water partition coefficient (Wildman–Crippen LogP) is 1.64. The number of likely N-dealkylation sites (N-methyl/N-ethyl adjacent to an activating group) is 1. The summed E-state index contributed by atoms with van der Waals surface area (Å²) in [5, 5.41) is 0. The Hall–Kier alpha value is -2.04. The van der Waals surface area contributed by atoms with Gasteiger partial charge in [-0.05, 0) is 31.2 Å². The molecule has 1 aliphatic rings. The number of rotatable bonds is 5. The van der Waals surface area contributed by atoms with Crippen LogP contribution in [0, 0.1) is 0 Å². The predicted molar refractivity (Wildman–Crippen MR) is 71.5 cm³/mol. The smallest absolute Gasteiger partial charge is 0.320 e. The van der Waals surface area contributed by atoms with Crippen molar-refractivity contribution < 1.29 is 14.3 Å². The first-order valence-corrected chi connectivity index (χ1v) is 6.38. The molecule has 5 nitrogen and oxygen atoms in total. The summed E-state index contributed by atoms with van der Waals surface area (Å²) in [6.45, 7) is 3.93. The maximum absolute atomic E-state index is 12.1. The first kappa shape index (κ1) is 13.4. The van der Waals surface area contributed by atoms with Gasteiger partial charge in [0.1, 0.15) is 5.75 Å². The van der Waals surface area contributed by atoms with Crippen molar-refractivity contribution in [1.29, 1.82) is 0 Å². The van der Waals surface area contributed by atoms with E-state index in [0.717, 1.165) is 5.75 Å². The van der Waals surface area contributed by atoms with E-state index in [2.05, 4.69) is 0 Å². The molecule has 1 aliphatic heterocycles. The van der Waals surface area contributed by atoms with Gasteiger partial charge in [0.15, 0.2) is 5.78 Å². The van der Waals surface area contributed by atoms with E-state index in [0.29, 0.717) is 25.3 Å². The van der Waals surface area contributed by atoms with E-state index in [-0.39, 0.29) is 18.4 Å². The third-order valence-corrected chi connectivity index (χ3v) is 3.12. The maximum Gasteiger partial charge on any atom is 0.320 e. The Morgan fingerprint density at radius 1 is 1.26 bits per heavy atom. The lowest BCUT2D eigenvalue weighted by molar-refractivity contribution is 0.0952. The number of hydrogen-bond donors (Lipinski definition) is 0.